The van der Waals surface area contributed by atoms with E-state index in [0.29, 0.717) is 43.3 Å². The molecular weight excluding hydrogens is 430 g/mol. The Bertz CT molecular complexity index is 1240. The van der Waals surface area contributed by atoms with Gasteiger partial charge < -0.3 is 24.3 Å². The molecule has 5 rings (SSSR count). The van der Waals surface area contributed by atoms with E-state index in [4.69, 9.17) is 9.15 Å². The number of carbonyl (C=O) groups excluding carboxylic acids is 2. The molecule has 3 amide bonds. The van der Waals surface area contributed by atoms with Gasteiger partial charge in [0.2, 0.25) is 0 Å². The van der Waals surface area contributed by atoms with E-state index in [1.165, 1.54) is 5.56 Å². The van der Waals surface area contributed by atoms with Crippen molar-refractivity contribution in [3.05, 3.63) is 59.4 Å². The molecule has 2 saturated heterocycles. The average Bonchev–Trinajstić information content (AvgIpc) is 3.45. The molecule has 3 heterocycles. The number of benzene rings is 2. The maximum absolute atomic E-state index is 13.2. The van der Waals surface area contributed by atoms with Crippen LogP contribution in [0.2, 0.25) is 0 Å². The fraction of sp³-hybridized carbons (Fsp3) is 0.407. The van der Waals surface area contributed by atoms with Crippen LogP contribution >= 0.6 is 0 Å². The number of likely N-dealkylation sites (tertiary alicyclic amines) is 2. The second kappa shape index (κ2) is 8.70. The van der Waals surface area contributed by atoms with Crippen molar-refractivity contribution in [1.82, 2.24) is 9.80 Å². The van der Waals surface area contributed by atoms with Crippen molar-refractivity contribution < 1.29 is 18.7 Å². The van der Waals surface area contributed by atoms with Crippen molar-refractivity contribution >= 4 is 28.6 Å². The van der Waals surface area contributed by atoms with Gasteiger partial charge in [-0.15, -0.1) is 0 Å². The van der Waals surface area contributed by atoms with Gasteiger partial charge in [-0.05, 0) is 62.3 Å². The standard InChI is InChI=1S/C27H31N3O4/c1-18-7-8-21(19(2)15-18)28-26(32)29-12-9-27(10-13-29)11-14-30(17-27)25(31)23-16-20-5-4-6-22(33-3)24(20)34-23/h4-8,15-16H,9-14,17H2,1-3H3,(H,28,32). The first-order valence-corrected chi connectivity index (χ1v) is 11.9. The Morgan fingerprint density at radius 3 is 2.44 bits per heavy atom. The highest BCUT2D eigenvalue weighted by molar-refractivity contribution is 5.97. The van der Waals surface area contributed by atoms with E-state index >= 15 is 0 Å². The highest BCUT2D eigenvalue weighted by Crippen LogP contribution is 2.41. The predicted molar refractivity (Wildman–Crippen MR) is 131 cm³/mol. The SMILES string of the molecule is COc1cccc2cc(C(=O)N3CCC4(CCN(C(=O)Nc5ccc(C)cc5C)CC4)C3)oc12. The molecule has 0 atom stereocenters. The molecule has 0 aliphatic carbocycles. The highest BCUT2D eigenvalue weighted by Gasteiger charge is 2.43. The maximum atomic E-state index is 13.2. The smallest absolute Gasteiger partial charge is 0.321 e. The summed E-state index contributed by atoms with van der Waals surface area (Å²) in [7, 11) is 1.59. The van der Waals surface area contributed by atoms with Crippen LogP contribution in [0.15, 0.2) is 46.9 Å². The van der Waals surface area contributed by atoms with Gasteiger partial charge in [0.15, 0.2) is 17.1 Å². The number of para-hydroxylation sites is 1. The fourth-order valence-electron chi connectivity index (χ4n) is 5.31. The van der Waals surface area contributed by atoms with Crippen LogP contribution in [0.5, 0.6) is 5.75 Å². The summed E-state index contributed by atoms with van der Waals surface area (Å²) in [4.78, 5) is 29.8. The molecule has 0 radical (unpaired) electrons. The molecule has 7 nitrogen and oxygen atoms in total. The van der Waals surface area contributed by atoms with Crippen LogP contribution in [0.4, 0.5) is 10.5 Å². The number of hydrogen-bond acceptors (Lipinski definition) is 4. The molecule has 3 aromatic rings. The van der Waals surface area contributed by atoms with Crippen molar-refractivity contribution in [2.45, 2.75) is 33.1 Å². The van der Waals surface area contributed by atoms with Crippen LogP contribution in [-0.4, -0.2) is 55.0 Å². The van der Waals surface area contributed by atoms with E-state index in [9.17, 15) is 9.59 Å². The first kappa shape index (κ1) is 22.3. The van der Waals surface area contributed by atoms with Crippen LogP contribution in [0, 0.1) is 19.3 Å². The van der Waals surface area contributed by atoms with Gasteiger partial charge in [0.25, 0.3) is 5.91 Å². The molecule has 1 N–H and O–H groups in total. The van der Waals surface area contributed by atoms with Crippen LogP contribution in [0.25, 0.3) is 11.0 Å². The fourth-order valence-corrected chi connectivity index (χ4v) is 5.31. The molecule has 178 valence electrons. The van der Waals surface area contributed by atoms with E-state index in [1.54, 1.807) is 13.2 Å². The number of ether oxygens (including phenoxy) is 1. The van der Waals surface area contributed by atoms with Gasteiger partial charge in [-0.3, -0.25) is 4.79 Å². The molecule has 2 fully saturated rings. The van der Waals surface area contributed by atoms with Crippen molar-refractivity contribution in [2.24, 2.45) is 5.41 Å². The number of anilines is 1. The number of methoxy groups -OCH3 is 1. The van der Waals surface area contributed by atoms with E-state index in [2.05, 4.69) is 11.4 Å². The summed E-state index contributed by atoms with van der Waals surface area (Å²) in [5.74, 6) is 0.896. The molecule has 0 bridgehead atoms. The Kier molecular flexibility index (Phi) is 5.71. The minimum Gasteiger partial charge on any atom is -0.493 e. The molecule has 0 saturated carbocycles. The zero-order chi connectivity index (χ0) is 23.9. The minimum atomic E-state index is -0.0786. The van der Waals surface area contributed by atoms with Gasteiger partial charge in [-0.25, -0.2) is 4.79 Å². The van der Waals surface area contributed by atoms with Crippen LogP contribution in [-0.2, 0) is 0 Å². The normalized spacial score (nSPS) is 17.4. The number of carbonyl (C=O) groups is 2. The highest BCUT2D eigenvalue weighted by atomic mass is 16.5. The molecule has 0 unspecified atom stereocenters. The second-order valence-electron chi connectivity index (χ2n) is 9.70. The third-order valence-corrected chi connectivity index (χ3v) is 7.40. The zero-order valence-electron chi connectivity index (χ0n) is 20.0. The number of fused-ring (bicyclic) bond motifs is 1. The number of hydrogen-bond donors (Lipinski definition) is 1. The van der Waals surface area contributed by atoms with E-state index in [1.807, 2.05) is 54.0 Å². The number of nitrogens with one attached hydrogen (secondary N) is 1. The third-order valence-electron chi connectivity index (χ3n) is 7.40. The van der Waals surface area contributed by atoms with E-state index in [0.717, 1.165) is 35.9 Å². The Balaban J connectivity index is 1.20. The van der Waals surface area contributed by atoms with Crippen molar-refractivity contribution in [2.75, 3.05) is 38.6 Å². The first-order chi connectivity index (χ1) is 16.4. The third kappa shape index (κ3) is 4.11. The van der Waals surface area contributed by atoms with Crippen molar-refractivity contribution in [1.29, 1.82) is 0 Å². The van der Waals surface area contributed by atoms with Crippen LogP contribution in [0.3, 0.4) is 0 Å². The lowest BCUT2D eigenvalue weighted by Gasteiger charge is -2.39. The van der Waals surface area contributed by atoms with E-state index < -0.39 is 0 Å². The van der Waals surface area contributed by atoms with Crippen LogP contribution in [0.1, 0.15) is 40.9 Å². The topological polar surface area (TPSA) is 75.0 Å². The Morgan fingerprint density at radius 1 is 1.00 bits per heavy atom. The number of aryl methyl sites for hydroxylation is 2. The molecule has 1 spiro atoms. The quantitative estimate of drug-likeness (QED) is 0.580. The Morgan fingerprint density at radius 2 is 1.74 bits per heavy atom. The largest absolute Gasteiger partial charge is 0.493 e. The monoisotopic (exact) mass is 461 g/mol. The minimum absolute atomic E-state index is 0.0519. The summed E-state index contributed by atoms with van der Waals surface area (Å²) in [5, 5.41) is 3.92. The van der Waals surface area contributed by atoms with Gasteiger partial charge in [-0.2, -0.15) is 0 Å². The maximum Gasteiger partial charge on any atom is 0.321 e. The summed E-state index contributed by atoms with van der Waals surface area (Å²) in [6, 6.07) is 13.4. The summed E-state index contributed by atoms with van der Waals surface area (Å²) < 4.78 is 11.2. The van der Waals surface area contributed by atoms with Crippen molar-refractivity contribution in [3.63, 3.8) is 0 Å². The van der Waals surface area contributed by atoms with Crippen LogP contribution < -0.4 is 10.1 Å². The lowest BCUT2D eigenvalue weighted by Crippen LogP contribution is -2.46. The van der Waals surface area contributed by atoms with Crippen molar-refractivity contribution in [3.8, 4) is 5.75 Å². The molecule has 7 heteroatoms. The van der Waals surface area contributed by atoms with Gasteiger partial charge in [-0.1, -0.05) is 29.8 Å². The first-order valence-electron chi connectivity index (χ1n) is 11.9. The molecule has 2 aliphatic heterocycles. The lowest BCUT2D eigenvalue weighted by atomic mass is 9.78. The number of furan rings is 1. The number of urea groups is 1. The predicted octanol–water partition coefficient (Wildman–Crippen LogP) is 5.22. The number of nitrogens with zero attached hydrogens (tertiary/aromatic N) is 2. The molecule has 2 aromatic carbocycles. The number of piperidine rings is 1. The molecular formula is C27H31N3O4. The molecule has 2 aliphatic rings. The summed E-state index contributed by atoms with van der Waals surface area (Å²) in [6.45, 7) is 6.86. The Hall–Kier alpha value is -3.48. The molecule has 34 heavy (non-hydrogen) atoms. The number of rotatable bonds is 3. The average molecular weight is 462 g/mol. The number of amides is 3. The van der Waals surface area contributed by atoms with E-state index in [-0.39, 0.29) is 17.4 Å². The lowest BCUT2D eigenvalue weighted by molar-refractivity contribution is 0.0711. The zero-order valence-corrected chi connectivity index (χ0v) is 20.0. The van der Waals surface area contributed by atoms with Gasteiger partial charge in [0.05, 0.1) is 7.11 Å². The van der Waals surface area contributed by atoms with Gasteiger partial charge in [0.1, 0.15) is 0 Å². The molecule has 1 aromatic heterocycles. The second-order valence-corrected chi connectivity index (χ2v) is 9.70. The Labute approximate surface area is 199 Å². The summed E-state index contributed by atoms with van der Waals surface area (Å²) in [5.41, 5.74) is 3.77. The summed E-state index contributed by atoms with van der Waals surface area (Å²) in [6.07, 6.45) is 2.74. The van der Waals surface area contributed by atoms with Gasteiger partial charge >= 0.3 is 6.03 Å². The summed E-state index contributed by atoms with van der Waals surface area (Å²) >= 11 is 0. The van der Waals surface area contributed by atoms with Gasteiger partial charge in [0, 0.05) is 37.3 Å².